The van der Waals surface area contributed by atoms with Gasteiger partial charge in [-0.05, 0) is 29.8 Å². The molecule has 0 saturated heterocycles. The molecule has 0 fully saturated rings. The summed E-state index contributed by atoms with van der Waals surface area (Å²) in [6.07, 6.45) is 0.356. The number of carbonyl (C=O) groups is 2. The van der Waals surface area contributed by atoms with E-state index in [0.29, 0.717) is 5.69 Å². The maximum Gasteiger partial charge on any atom is 0.339 e. The molecule has 1 aromatic heterocycles. The first-order chi connectivity index (χ1) is 10.5. The molecule has 2 aromatic rings. The van der Waals surface area contributed by atoms with Gasteiger partial charge in [-0.25, -0.2) is 4.79 Å². The van der Waals surface area contributed by atoms with Crippen molar-refractivity contribution in [1.29, 1.82) is 0 Å². The summed E-state index contributed by atoms with van der Waals surface area (Å²) in [6, 6.07) is 6.93. The van der Waals surface area contributed by atoms with Crippen LogP contribution in [0.2, 0.25) is 0 Å². The van der Waals surface area contributed by atoms with Crippen LogP contribution >= 0.6 is 0 Å². The molecular formula is C15H11NO6. The van der Waals surface area contributed by atoms with E-state index >= 15 is 0 Å². The van der Waals surface area contributed by atoms with E-state index < -0.39 is 35.5 Å². The third-order valence-electron chi connectivity index (χ3n) is 3.48. The number of fused-ring (bicyclic) bond motifs is 1. The molecule has 0 unspecified atom stereocenters. The number of phenolic OH excluding ortho intramolecular Hbond substituents is 2. The monoisotopic (exact) mass is 301 g/mol. The largest absolute Gasteiger partial charge is 0.504 e. The van der Waals surface area contributed by atoms with Crippen LogP contribution in [0.4, 0.5) is 0 Å². The maximum atomic E-state index is 12.1. The van der Waals surface area contributed by atoms with Crippen LogP contribution < -0.4 is 0 Å². The zero-order valence-corrected chi connectivity index (χ0v) is 11.1. The number of ether oxygens (including phenoxy) is 1. The van der Waals surface area contributed by atoms with Crippen molar-refractivity contribution >= 4 is 11.9 Å². The molecule has 0 spiro atoms. The molecule has 7 nitrogen and oxygen atoms in total. The average Bonchev–Trinajstić information content (AvgIpc) is 2.49. The van der Waals surface area contributed by atoms with Crippen molar-refractivity contribution in [2.24, 2.45) is 0 Å². The van der Waals surface area contributed by atoms with Crippen molar-refractivity contribution in [3.63, 3.8) is 0 Å². The van der Waals surface area contributed by atoms with Gasteiger partial charge in [-0.15, -0.1) is 0 Å². The van der Waals surface area contributed by atoms with E-state index in [1.165, 1.54) is 6.20 Å². The van der Waals surface area contributed by atoms with Gasteiger partial charge in [-0.2, -0.15) is 0 Å². The van der Waals surface area contributed by atoms with Gasteiger partial charge in [-0.3, -0.25) is 9.78 Å². The molecule has 0 amide bonds. The number of aliphatic carboxylic acids is 1. The van der Waals surface area contributed by atoms with Gasteiger partial charge in [0.05, 0.1) is 11.3 Å². The summed E-state index contributed by atoms with van der Waals surface area (Å²) >= 11 is 0. The standard InChI is InChI=1S/C15H11NO6/c17-10-5-7-8(6-11(10)18)15(21)22-13(12(7)14(19)20)9-3-1-2-4-16-9/h1-6,12-13,17-18H,(H,19,20)/t12-,13+/m0/s1. The Morgan fingerprint density at radius 3 is 2.55 bits per heavy atom. The lowest BCUT2D eigenvalue weighted by molar-refractivity contribution is -0.142. The van der Waals surface area contributed by atoms with Crippen LogP contribution in [0.5, 0.6) is 11.5 Å². The molecule has 1 aliphatic heterocycles. The first-order valence-electron chi connectivity index (χ1n) is 6.39. The molecular weight excluding hydrogens is 290 g/mol. The fourth-order valence-electron chi connectivity index (χ4n) is 2.47. The minimum atomic E-state index is -1.23. The van der Waals surface area contributed by atoms with E-state index in [1.807, 2.05) is 0 Å². The lowest BCUT2D eigenvalue weighted by Crippen LogP contribution is -2.31. The highest BCUT2D eigenvalue weighted by atomic mass is 16.5. The molecule has 112 valence electrons. The third kappa shape index (κ3) is 2.12. The number of phenols is 2. The third-order valence-corrected chi connectivity index (χ3v) is 3.48. The highest BCUT2D eigenvalue weighted by molar-refractivity contribution is 5.96. The van der Waals surface area contributed by atoms with Gasteiger partial charge < -0.3 is 20.1 Å². The lowest BCUT2D eigenvalue weighted by Gasteiger charge is -2.30. The molecule has 1 aliphatic rings. The molecule has 0 saturated carbocycles. The highest BCUT2D eigenvalue weighted by Gasteiger charge is 2.42. The smallest absolute Gasteiger partial charge is 0.339 e. The second-order valence-corrected chi connectivity index (χ2v) is 4.82. The number of aromatic nitrogens is 1. The minimum absolute atomic E-state index is 0.0784. The lowest BCUT2D eigenvalue weighted by atomic mass is 9.85. The molecule has 22 heavy (non-hydrogen) atoms. The zero-order chi connectivity index (χ0) is 15.9. The van der Waals surface area contributed by atoms with Gasteiger partial charge in [0.2, 0.25) is 0 Å². The van der Waals surface area contributed by atoms with Crippen molar-refractivity contribution in [1.82, 2.24) is 4.98 Å². The van der Waals surface area contributed by atoms with E-state index in [4.69, 9.17) is 4.74 Å². The minimum Gasteiger partial charge on any atom is -0.504 e. The Morgan fingerprint density at radius 1 is 1.18 bits per heavy atom. The maximum absolute atomic E-state index is 12.1. The summed E-state index contributed by atoms with van der Waals surface area (Å²) in [5.41, 5.74) is 0.283. The first kappa shape index (κ1) is 13.9. The molecule has 3 rings (SSSR count). The highest BCUT2D eigenvalue weighted by Crippen LogP contribution is 2.43. The van der Waals surface area contributed by atoms with Crippen molar-refractivity contribution in [3.05, 3.63) is 53.3 Å². The van der Waals surface area contributed by atoms with Gasteiger partial charge in [0.1, 0.15) is 5.92 Å². The number of esters is 1. The second-order valence-electron chi connectivity index (χ2n) is 4.82. The predicted octanol–water partition coefficient (Wildman–Crippen LogP) is 1.57. The van der Waals surface area contributed by atoms with Crippen molar-refractivity contribution in [3.8, 4) is 11.5 Å². The Morgan fingerprint density at radius 2 is 1.91 bits per heavy atom. The Balaban J connectivity index is 2.18. The number of benzene rings is 1. The van der Waals surface area contributed by atoms with Gasteiger partial charge >= 0.3 is 11.9 Å². The predicted molar refractivity (Wildman–Crippen MR) is 72.5 cm³/mol. The number of carboxylic acid groups (broad SMARTS) is 1. The zero-order valence-electron chi connectivity index (χ0n) is 11.1. The van der Waals surface area contributed by atoms with E-state index in [2.05, 4.69) is 4.98 Å². The van der Waals surface area contributed by atoms with Crippen LogP contribution in [0.3, 0.4) is 0 Å². The number of pyridine rings is 1. The Bertz CT molecular complexity index is 758. The fraction of sp³-hybridized carbons (Fsp3) is 0.133. The number of hydrogen-bond acceptors (Lipinski definition) is 6. The molecule has 0 bridgehead atoms. The number of carboxylic acids is 1. The topological polar surface area (TPSA) is 117 Å². The van der Waals surface area contributed by atoms with E-state index in [0.717, 1.165) is 12.1 Å². The first-order valence-corrected chi connectivity index (χ1v) is 6.39. The van der Waals surface area contributed by atoms with Crippen molar-refractivity contribution < 1.29 is 29.6 Å². The molecule has 3 N–H and O–H groups in total. The van der Waals surface area contributed by atoms with Crippen LogP contribution in [-0.4, -0.2) is 32.2 Å². The molecule has 1 aromatic carbocycles. The van der Waals surface area contributed by atoms with Crippen LogP contribution in [0.25, 0.3) is 0 Å². The van der Waals surface area contributed by atoms with E-state index in [9.17, 15) is 24.9 Å². The molecule has 2 heterocycles. The summed E-state index contributed by atoms with van der Waals surface area (Å²) in [5, 5.41) is 28.6. The van der Waals surface area contributed by atoms with Gasteiger partial charge in [0.25, 0.3) is 0 Å². The molecule has 2 atom stereocenters. The summed E-state index contributed by atoms with van der Waals surface area (Å²) in [4.78, 5) is 27.7. The Hall–Kier alpha value is -3.09. The van der Waals surface area contributed by atoms with E-state index in [-0.39, 0.29) is 11.1 Å². The molecule has 0 aliphatic carbocycles. The second kappa shape index (κ2) is 5.03. The Kier molecular flexibility index (Phi) is 3.17. The number of nitrogens with zero attached hydrogens (tertiary/aromatic N) is 1. The van der Waals surface area contributed by atoms with Gasteiger partial charge in [0, 0.05) is 6.20 Å². The summed E-state index contributed by atoms with van der Waals surface area (Å²) in [7, 11) is 0. The summed E-state index contributed by atoms with van der Waals surface area (Å²) in [6.45, 7) is 0. The van der Waals surface area contributed by atoms with Gasteiger partial charge in [0.15, 0.2) is 17.6 Å². The average molecular weight is 301 g/mol. The number of carbonyl (C=O) groups excluding carboxylic acids is 1. The van der Waals surface area contributed by atoms with Crippen LogP contribution in [0, 0.1) is 0 Å². The van der Waals surface area contributed by atoms with Crippen LogP contribution in [-0.2, 0) is 9.53 Å². The number of rotatable bonds is 2. The summed E-state index contributed by atoms with van der Waals surface area (Å²) in [5.74, 6) is -4.25. The normalized spacial score (nSPS) is 20.1. The van der Waals surface area contributed by atoms with Gasteiger partial charge in [-0.1, -0.05) is 6.07 Å². The quantitative estimate of drug-likeness (QED) is 0.569. The summed E-state index contributed by atoms with van der Waals surface area (Å²) < 4.78 is 5.19. The fourth-order valence-corrected chi connectivity index (χ4v) is 2.47. The number of aromatic hydroxyl groups is 2. The van der Waals surface area contributed by atoms with E-state index in [1.54, 1.807) is 18.2 Å². The number of cyclic esters (lactones) is 1. The van der Waals surface area contributed by atoms with Crippen LogP contribution in [0.15, 0.2) is 36.5 Å². The van der Waals surface area contributed by atoms with Crippen molar-refractivity contribution in [2.45, 2.75) is 12.0 Å². The van der Waals surface area contributed by atoms with Crippen LogP contribution in [0.1, 0.15) is 33.6 Å². The SMILES string of the molecule is O=C1O[C@H](c2ccccn2)[C@@H](C(=O)O)c2cc(O)c(O)cc21. The number of hydrogen-bond donors (Lipinski definition) is 3. The Labute approximate surface area is 124 Å². The molecule has 0 radical (unpaired) electrons. The molecule has 7 heteroatoms. The van der Waals surface area contributed by atoms with Crippen molar-refractivity contribution in [2.75, 3.05) is 0 Å².